The highest BCUT2D eigenvalue weighted by Crippen LogP contribution is 2.30. The van der Waals surface area contributed by atoms with Crippen molar-refractivity contribution in [2.45, 2.75) is 32.4 Å². The second kappa shape index (κ2) is 9.98. The van der Waals surface area contributed by atoms with Gasteiger partial charge in [0.25, 0.3) is 5.91 Å². The van der Waals surface area contributed by atoms with Crippen molar-refractivity contribution in [1.29, 1.82) is 0 Å². The molecule has 0 unspecified atom stereocenters. The van der Waals surface area contributed by atoms with Gasteiger partial charge in [0.1, 0.15) is 11.5 Å². The molecule has 0 aliphatic rings. The third kappa shape index (κ3) is 5.33. The number of carbonyl (C=O) groups is 1. The lowest BCUT2D eigenvalue weighted by molar-refractivity contribution is 0.0912. The molecule has 0 saturated heterocycles. The molecule has 0 fully saturated rings. The number of hydrogen-bond acceptors (Lipinski definition) is 4. The molecule has 8 heteroatoms. The number of rotatable bonds is 8. The van der Waals surface area contributed by atoms with Gasteiger partial charge in [0, 0.05) is 34.6 Å². The Bertz CT molecular complexity index is 1020. The Kier molecular flexibility index (Phi) is 7.37. The Labute approximate surface area is 185 Å². The first-order valence-electron chi connectivity index (χ1n) is 9.69. The normalized spacial score (nSPS) is 13.0. The quantitative estimate of drug-likeness (QED) is 0.389. The van der Waals surface area contributed by atoms with E-state index in [1.165, 1.54) is 0 Å². The predicted octanol–water partition coefficient (Wildman–Crippen LogP) is 5.06. The number of aromatic nitrogens is 2. The fourth-order valence-electron chi connectivity index (χ4n) is 2.97. The van der Waals surface area contributed by atoms with E-state index in [4.69, 9.17) is 23.2 Å². The molecule has 2 atom stereocenters. The smallest absolute Gasteiger partial charge is 0.268 e. The summed E-state index contributed by atoms with van der Waals surface area (Å²) in [5, 5.41) is 16.9. The van der Waals surface area contributed by atoms with E-state index in [9.17, 15) is 9.90 Å². The number of halogens is 2. The minimum atomic E-state index is -0.571. The first-order valence-corrected chi connectivity index (χ1v) is 10.4. The molecule has 1 aromatic carbocycles. The number of aliphatic hydroxyl groups excluding tert-OH is 1. The molecule has 0 bridgehead atoms. The maximum atomic E-state index is 12.7. The van der Waals surface area contributed by atoms with E-state index in [0.717, 1.165) is 28.9 Å². The summed E-state index contributed by atoms with van der Waals surface area (Å²) >= 11 is 12.4. The molecule has 4 N–H and O–H groups in total. The largest absolute Gasteiger partial charge is 0.394 e. The van der Waals surface area contributed by atoms with Crippen LogP contribution in [0.2, 0.25) is 10.0 Å². The standard InChI is InChI=1S/C22H24Cl2N4O2/c1-3-13(2)27-21-9-17(18(24)11-26-21)15-8-19(25-10-15)22(30)28-20(12-29)14-5-4-6-16(23)7-14/h4-11,13,20,25,29H,3,12H2,1-2H3,(H,26,27)(H,28,30)/t13-,20-/m1/s1. The molecule has 0 radical (unpaired) electrons. The molecule has 2 aromatic heterocycles. The van der Waals surface area contributed by atoms with E-state index < -0.39 is 6.04 Å². The summed E-state index contributed by atoms with van der Waals surface area (Å²) < 4.78 is 0. The van der Waals surface area contributed by atoms with Crippen molar-refractivity contribution < 1.29 is 9.90 Å². The average molecular weight is 447 g/mol. The highest BCUT2D eigenvalue weighted by Gasteiger charge is 2.18. The summed E-state index contributed by atoms with van der Waals surface area (Å²) in [7, 11) is 0. The van der Waals surface area contributed by atoms with Crippen LogP contribution in [0.5, 0.6) is 0 Å². The molecular formula is C22H24Cl2N4O2. The first-order chi connectivity index (χ1) is 14.4. The number of carbonyl (C=O) groups excluding carboxylic acids is 1. The van der Waals surface area contributed by atoms with Gasteiger partial charge in [-0.15, -0.1) is 0 Å². The zero-order valence-electron chi connectivity index (χ0n) is 16.7. The number of pyridine rings is 1. The molecule has 158 valence electrons. The van der Waals surface area contributed by atoms with Crippen LogP contribution in [-0.4, -0.2) is 33.6 Å². The number of H-pyrrole nitrogens is 1. The van der Waals surface area contributed by atoms with Crippen molar-refractivity contribution in [2.75, 3.05) is 11.9 Å². The van der Waals surface area contributed by atoms with E-state index in [2.05, 4.69) is 34.4 Å². The second-order valence-corrected chi connectivity index (χ2v) is 7.91. The minimum absolute atomic E-state index is 0.250. The average Bonchev–Trinajstić information content (AvgIpc) is 3.23. The van der Waals surface area contributed by atoms with E-state index in [-0.39, 0.29) is 18.6 Å². The van der Waals surface area contributed by atoms with E-state index in [1.807, 2.05) is 6.07 Å². The lowest BCUT2D eigenvalue weighted by Crippen LogP contribution is -2.31. The van der Waals surface area contributed by atoms with Crippen LogP contribution in [0.25, 0.3) is 11.1 Å². The summed E-state index contributed by atoms with van der Waals surface area (Å²) in [6, 6.07) is 10.3. The monoisotopic (exact) mass is 446 g/mol. The van der Waals surface area contributed by atoms with Crippen LogP contribution >= 0.6 is 23.2 Å². The first kappa shape index (κ1) is 22.2. The molecule has 1 amide bonds. The number of hydrogen-bond donors (Lipinski definition) is 4. The van der Waals surface area contributed by atoms with Crippen molar-refractivity contribution >= 4 is 34.9 Å². The van der Waals surface area contributed by atoms with E-state index in [0.29, 0.717) is 15.7 Å². The Hall–Kier alpha value is -2.54. The predicted molar refractivity (Wildman–Crippen MR) is 121 cm³/mol. The fourth-order valence-corrected chi connectivity index (χ4v) is 3.38. The van der Waals surface area contributed by atoms with Gasteiger partial charge < -0.3 is 20.7 Å². The number of anilines is 1. The van der Waals surface area contributed by atoms with Gasteiger partial charge in [-0.1, -0.05) is 42.3 Å². The summed E-state index contributed by atoms with van der Waals surface area (Å²) in [5.74, 6) is 0.376. The van der Waals surface area contributed by atoms with Gasteiger partial charge in [0.15, 0.2) is 0 Å². The molecule has 0 aliphatic heterocycles. The topological polar surface area (TPSA) is 90.0 Å². The highest BCUT2D eigenvalue weighted by molar-refractivity contribution is 6.33. The third-order valence-electron chi connectivity index (χ3n) is 4.84. The molecular weight excluding hydrogens is 423 g/mol. The SMILES string of the molecule is CC[C@@H](C)Nc1cc(-c2c[nH]c(C(=O)N[C@H](CO)c3cccc(Cl)c3)c2)c(Cl)cn1. The summed E-state index contributed by atoms with van der Waals surface area (Å²) in [4.78, 5) is 20.0. The van der Waals surface area contributed by atoms with Gasteiger partial charge in [-0.2, -0.15) is 0 Å². The van der Waals surface area contributed by atoms with Crippen LogP contribution < -0.4 is 10.6 Å². The number of nitrogens with one attached hydrogen (secondary N) is 3. The van der Waals surface area contributed by atoms with Crippen molar-refractivity contribution in [3.8, 4) is 11.1 Å². The highest BCUT2D eigenvalue weighted by atomic mass is 35.5. The van der Waals surface area contributed by atoms with Gasteiger partial charge in [-0.05, 0) is 43.2 Å². The van der Waals surface area contributed by atoms with Crippen molar-refractivity contribution in [3.63, 3.8) is 0 Å². The molecule has 0 saturated carbocycles. The van der Waals surface area contributed by atoms with Crippen LogP contribution in [0.15, 0.2) is 48.8 Å². The minimum Gasteiger partial charge on any atom is -0.394 e. The Morgan fingerprint density at radius 3 is 2.77 bits per heavy atom. The fraction of sp³-hybridized carbons (Fsp3) is 0.273. The van der Waals surface area contributed by atoms with Gasteiger partial charge in [0.2, 0.25) is 0 Å². The molecule has 0 aliphatic carbocycles. The van der Waals surface area contributed by atoms with Crippen LogP contribution in [0, 0.1) is 0 Å². The number of aliphatic hydroxyl groups is 1. The van der Waals surface area contributed by atoms with Crippen LogP contribution in [-0.2, 0) is 0 Å². The molecule has 3 rings (SSSR count). The van der Waals surface area contributed by atoms with Crippen LogP contribution in [0.1, 0.15) is 42.4 Å². The molecule has 2 heterocycles. The van der Waals surface area contributed by atoms with Crippen molar-refractivity contribution in [3.05, 3.63) is 70.1 Å². The zero-order chi connectivity index (χ0) is 21.7. The second-order valence-electron chi connectivity index (χ2n) is 7.07. The summed E-state index contributed by atoms with van der Waals surface area (Å²) in [6.07, 6.45) is 4.28. The van der Waals surface area contributed by atoms with E-state index in [1.54, 1.807) is 42.7 Å². The number of amides is 1. The van der Waals surface area contributed by atoms with Gasteiger partial charge >= 0.3 is 0 Å². The number of aromatic amines is 1. The zero-order valence-corrected chi connectivity index (χ0v) is 18.3. The Morgan fingerprint density at radius 1 is 1.27 bits per heavy atom. The van der Waals surface area contributed by atoms with Gasteiger partial charge in [-0.3, -0.25) is 4.79 Å². The summed E-state index contributed by atoms with van der Waals surface area (Å²) in [6.45, 7) is 3.92. The third-order valence-corrected chi connectivity index (χ3v) is 5.38. The Morgan fingerprint density at radius 2 is 2.07 bits per heavy atom. The number of nitrogens with zero attached hydrogens (tertiary/aromatic N) is 1. The number of benzene rings is 1. The summed E-state index contributed by atoms with van der Waals surface area (Å²) in [5.41, 5.74) is 2.61. The van der Waals surface area contributed by atoms with E-state index >= 15 is 0 Å². The van der Waals surface area contributed by atoms with Gasteiger partial charge in [0.05, 0.1) is 17.7 Å². The van der Waals surface area contributed by atoms with Crippen molar-refractivity contribution in [1.82, 2.24) is 15.3 Å². The maximum Gasteiger partial charge on any atom is 0.268 e. The lowest BCUT2D eigenvalue weighted by atomic mass is 10.1. The molecule has 6 nitrogen and oxygen atoms in total. The molecule has 3 aromatic rings. The van der Waals surface area contributed by atoms with Crippen LogP contribution in [0.4, 0.5) is 5.82 Å². The lowest BCUT2D eigenvalue weighted by Gasteiger charge is -2.16. The molecule has 30 heavy (non-hydrogen) atoms. The van der Waals surface area contributed by atoms with Crippen LogP contribution in [0.3, 0.4) is 0 Å². The molecule has 0 spiro atoms. The van der Waals surface area contributed by atoms with Crippen molar-refractivity contribution in [2.24, 2.45) is 0 Å². The van der Waals surface area contributed by atoms with Gasteiger partial charge in [-0.25, -0.2) is 4.98 Å². The Balaban J connectivity index is 1.78. The maximum absolute atomic E-state index is 12.7.